The van der Waals surface area contributed by atoms with Crippen molar-refractivity contribution in [2.24, 2.45) is 0 Å². The fraction of sp³-hybridized carbons (Fsp3) is 0.0400. The van der Waals surface area contributed by atoms with E-state index in [0.29, 0.717) is 11.5 Å². The minimum Gasteiger partial charge on any atom is -0.454 e. The molecule has 0 amide bonds. The van der Waals surface area contributed by atoms with Crippen LogP contribution in [0.1, 0.15) is 0 Å². The quantitative estimate of drug-likeness (QED) is 0.303. The van der Waals surface area contributed by atoms with Crippen LogP contribution in [0.15, 0.2) is 88.3 Å². The molecule has 0 unspecified atom stereocenters. The zero-order valence-corrected chi connectivity index (χ0v) is 16.9. The Kier molecular flexibility index (Phi) is 4.68. The van der Waals surface area contributed by atoms with E-state index in [-0.39, 0.29) is 11.6 Å². The third-order valence-corrected chi connectivity index (χ3v) is 5.94. The minimum absolute atomic E-state index is 0.299. The summed E-state index contributed by atoms with van der Waals surface area (Å²) in [6, 6.07) is 20.6. The third kappa shape index (κ3) is 3.12. The summed E-state index contributed by atoms with van der Waals surface area (Å²) in [6.45, 7) is 0. The summed E-state index contributed by atoms with van der Waals surface area (Å²) >= 11 is 1.57. The van der Waals surface area contributed by atoms with Gasteiger partial charge < -0.3 is 9.40 Å². The highest BCUT2D eigenvalue weighted by molar-refractivity contribution is 7.98. The molecule has 2 nitrogen and oxygen atoms in total. The van der Waals surface area contributed by atoms with Crippen LogP contribution in [0.4, 0.5) is 8.78 Å². The van der Waals surface area contributed by atoms with Gasteiger partial charge in [0, 0.05) is 39.4 Å². The molecule has 0 fully saturated rings. The number of aromatic amines is 1. The molecule has 5 rings (SSSR count). The van der Waals surface area contributed by atoms with Crippen molar-refractivity contribution in [2.45, 2.75) is 4.90 Å². The molecular formula is C25H17F2NOS. The number of H-pyrrole nitrogens is 1. The van der Waals surface area contributed by atoms with E-state index in [1.165, 1.54) is 24.3 Å². The maximum absolute atomic E-state index is 13.6. The lowest BCUT2D eigenvalue weighted by Gasteiger charge is -2.05. The zero-order chi connectivity index (χ0) is 20.7. The summed E-state index contributed by atoms with van der Waals surface area (Å²) in [5, 5.41) is 1.07. The predicted octanol–water partition coefficient (Wildman–Crippen LogP) is 7.76. The Labute approximate surface area is 176 Å². The molecule has 0 aliphatic carbocycles. The van der Waals surface area contributed by atoms with Gasteiger partial charge in [-0.3, -0.25) is 0 Å². The molecule has 0 spiro atoms. The van der Waals surface area contributed by atoms with Crippen LogP contribution in [0.3, 0.4) is 0 Å². The van der Waals surface area contributed by atoms with E-state index < -0.39 is 0 Å². The predicted molar refractivity (Wildman–Crippen MR) is 119 cm³/mol. The smallest absolute Gasteiger partial charge is 0.149 e. The van der Waals surface area contributed by atoms with Gasteiger partial charge in [-0.2, -0.15) is 0 Å². The molecule has 2 aromatic heterocycles. The summed E-state index contributed by atoms with van der Waals surface area (Å²) in [5.41, 5.74) is 4.53. The number of para-hydroxylation sites is 1. The van der Waals surface area contributed by atoms with Crippen LogP contribution in [0.25, 0.3) is 44.7 Å². The number of rotatable bonds is 4. The van der Waals surface area contributed by atoms with Crippen LogP contribution in [-0.4, -0.2) is 11.2 Å². The fourth-order valence-corrected chi connectivity index (χ4v) is 4.48. The van der Waals surface area contributed by atoms with Crippen LogP contribution in [-0.2, 0) is 0 Å². The van der Waals surface area contributed by atoms with Gasteiger partial charge in [-0.15, -0.1) is 11.8 Å². The Bertz CT molecular complexity index is 1330. The maximum Gasteiger partial charge on any atom is 0.149 e. The molecule has 3 aromatic carbocycles. The average molecular weight is 417 g/mol. The van der Waals surface area contributed by atoms with Crippen LogP contribution >= 0.6 is 11.8 Å². The maximum atomic E-state index is 13.6. The van der Waals surface area contributed by atoms with Gasteiger partial charge in [0.15, 0.2) is 0 Å². The van der Waals surface area contributed by atoms with Crippen molar-refractivity contribution >= 4 is 22.7 Å². The van der Waals surface area contributed by atoms with E-state index in [1.54, 1.807) is 36.0 Å². The lowest BCUT2D eigenvalue weighted by atomic mass is 10.0. The second kappa shape index (κ2) is 7.50. The van der Waals surface area contributed by atoms with Gasteiger partial charge in [-0.25, -0.2) is 8.78 Å². The van der Waals surface area contributed by atoms with Crippen LogP contribution in [0.2, 0.25) is 0 Å². The molecule has 148 valence electrons. The summed E-state index contributed by atoms with van der Waals surface area (Å²) in [4.78, 5) is 4.27. The first-order chi connectivity index (χ1) is 14.7. The van der Waals surface area contributed by atoms with Gasteiger partial charge in [-0.05, 0) is 60.9 Å². The molecule has 30 heavy (non-hydrogen) atoms. The number of hydrogen-bond acceptors (Lipinski definition) is 2. The molecular weight excluding hydrogens is 400 g/mol. The van der Waals surface area contributed by atoms with E-state index in [4.69, 9.17) is 4.42 Å². The summed E-state index contributed by atoms with van der Waals surface area (Å²) in [7, 11) is 0. The lowest BCUT2D eigenvalue weighted by Crippen LogP contribution is -1.83. The highest BCUT2D eigenvalue weighted by Crippen LogP contribution is 2.48. The number of hydrogen-bond donors (Lipinski definition) is 1. The van der Waals surface area contributed by atoms with Crippen molar-refractivity contribution in [1.82, 2.24) is 4.98 Å². The van der Waals surface area contributed by atoms with E-state index >= 15 is 0 Å². The summed E-state index contributed by atoms with van der Waals surface area (Å²) in [5.74, 6) is 0.722. The van der Waals surface area contributed by atoms with Crippen LogP contribution in [0.5, 0.6) is 0 Å². The number of halogens is 2. The summed E-state index contributed by atoms with van der Waals surface area (Å²) < 4.78 is 33.4. The van der Waals surface area contributed by atoms with Crippen molar-refractivity contribution in [3.8, 4) is 33.8 Å². The number of benzene rings is 3. The SMILES string of the molecule is CSc1c(-c2ccc(F)cc2)oc(-c2ccc(F)cc2)c1-c1c[nH]c2ccccc12. The molecule has 2 heterocycles. The zero-order valence-electron chi connectivity index (χ0n) is 16.1. The van der Waals surface area contributed by atoms with Crippen molar-refractivity contribution in [3.63, 3.8) is 0 Å². The van der Waals surface area contributed by atoms with E-state index in [1.807, 2.05) is 30.7 Å². The number of nitrogens with one attached hydrogen (secondary N) is 1. The molecule has 0 saturated heterocycles. The Morgan fingerprint density at radius 3 is 2.00 bits per heavy atom. The van der Waals surface area contributed by atoms with Gasteiger partial charge in [0.2, 0.25) is 0 Å². The first-order valence-corrected chi connectivity index (χ1v) is 10.7. The Balaban J connectivity index is 1.82. The van der Waals surface area contributed by atoms with Gasteiger partial charge in [0.1, 0.15) is 23.2 Å². The molecule has 0 radical (unpaired) electrons. The third-order valence-electron chi connectivity index (χ3n) is 5.14. The molecule has 1 N–H and O–H groups in total. The first-order valence-electron chi connectivity index (χ1n) is 9.45. The highest BCUT2D eigenvalue weighted by atomic mass is 32.2. The molecule has 0 aliphatic heterocycles. The van der Waals surface area contributed by atoms with Crippen molar-refractivity contribution in [1.29, 1.82) is 0 Å². The largest absolute Gasteiger partial charge is 0.454 e. The minimum atomic E-state index is -0.303. The van der Waals surface area contributed by atoms with Gasteiger partial charge in [0.05, 0.1) is 4.90 Å². The summed E-state index contributed by atoms with van der Waals surface area (Å²) in [6.07, 6.45) is 3.96. The number of furan rings is 1. The van der Waals surface area contributed by atoms with E-state index in [0.717, 1.165) is 38.1 Å². The second-order valence-corrected chi connectivity index (χ2v) is 7.75. The number of aromatic nitrogens is 1. The molecule has 0 saturated carbocycles. The first kappa shape index (κ1) is 18.7. The van der Waals surface area contributed by atoms with Crippen molar-refractivity contribution in [2.75, 3.05) is 6.26 Å². The van der Waals surface area contributed by atoms with Crippen LogP contribution in [0, 0.1) is 11.6 Å². The number of fused-ring (bicyclic) bond motifs is 1. The van der Waals surface area contributed by atoms with Crippen LogP contribution < -0.4 is 0 Å². The monoisotopic (exact) mass is 417 g/mol. The molecule has 0 atom stereocenters. The van der Waals surface area contributed by atoms with Gasteiger partial charge in [0.25, 0.3) is 0 Å². The lowest BCUT2D eigenvalue weighted by molar-refractivity contribution is 0.591. The Morgan fingerprint density at radius 1 is 0.767 bits per heavy atom. The average Bonchev–Trinajstić information content (AvgIpc) is 3.36. The fourth-order valence-electron chi connectivity index (χ4n) is 3.73. The highest BCUT2D eigenvalue weighted by Gasteiger charge is 2.25. The van der Waals surface area contributed by atoms with Crippen molar-refractivity contribution < 1.29 is 13.2 Å². The Morgan fingerprint density at radius 2 is 1.37 bits per heavy atom. The topological polar surface area (TPSA) is 28.9 Å². The molecule has 0 bridgehead atoms. The molecule has 5 aromatic rings. The Hall–Kier alpha value is -3.31. The van der Waals surface area contributed by atoms with Crippen molar-refractivity contribution in [3.05, 3.63) is 90.6 Å². The standard InChI is InChI=1S/C25H17F2NOS/c1-30-25-22(20-14-28-21-5-3-2-4-19(20)21)23(15-6-10-17(26)11-7-15)29-24(25)16-8-12-18(27)13-9-16/h2-14,28H,1H3. The normalized spacial score (nSPS) is 11.3. The van der Waals surface area contributed by atoms with Gasteiger partial charge >= 0.3 is 0 Å². The van der Waals surface area contributed by atoms with E-state index in [2.05, 4.69) is 11.1 Å². The second-order valence-electron chi connectivity index (χ2n) is 6.93. The molecule has 0 aliphatic rings. The molecule has 5 heteroatoms. The van der Waals surface area contributed by atoms with E-state index in [9.17, 15) is 8.78 Å². The number of thioether (sulfide) groups is 1. The van der Waals surface area contributed by atoms with Gasteiger partial charge in [-0.1, -0.05) is 18.2 Å².